The van der Waals surface area contributed by atoms with Crippen molar-refractivity contribution in [2.45, 2.75) is 20.4 Å². The first-order chi connectivity index (χ1) is 12.9. The summed E-state index contributed by atoms with van der Waals surface area (Å²) in [6.45, 7) is 4.61. The van der Waals surface area contributed by atoms with Gasteiger partial charge in [0.15, 0.2) is 24.5 Å². The molecule has 0 radical (unpaired) electrons. The van der Waals surface area contributed by atoms with E-state index in [-0.39, 0.29) is 18.2 Å². The SMILES string of the molecule is Cc1cc2nc(-c3cc(Br)c[n+](Cc4ccc(F)cc4Cl)c3)oc2cc1C.[Cl-]. The molecule has 4 rings (SSSR count). The van der Waals surface area contributed by atoms with Crippen LogP contribution in [0.2, 0.25) is 5.02 Å². The van der Waals surface area contributed by atoms with Gasteiger partial charge in [0.25, 0.3) is 0 Å². The molecule has 0 bridgehead atoms. The number of oxazole rings is 1. The third kappa shape index (κ3) is 4.22. The number of aromatic nitrogens is 2. The summed E-state index contributed by atoms with van der Waals surface area (Å²) in [5, 5.41) is 0.400. The molecule has 0 spiro atoms. The minimum Gasteiger partial charge on any atom is -1.00 e. The Morgan fingerprint density at radius 2 is 1.86 bits per heavy atom. The topological polar surface area (TPSA) is 29.9 Å². The smallest absolute Gasteiger partial charge is 0.233 e. The zero-order valence-corrected chi connectivity index (χ0v) is 18.2. The highest BCUT2D eigenvalue weighted by Crippen LogP contribution is 2.27. The summed E-state index contributed by atoms with van der Waals surface area (Å²) >= 11 is 9.70. The lowest BCUT2D eigenvalue weighted by Crippen LogP contribution is -3.00. The van der Waals surface area contributed by atoms with E-state index in [1.807, 2.05) is 35.2 Å². The number of hydrogen-bond donors (Lipinski definition) is 0. The molecule has 2 heterocycles. The highest BCUT2D eigenvalue weighted by atomic mass is 79.9. The van der Waals surface area contributed by atoms with Crippen LogP contribution in [0.4, 0.5) is 4.39 Å². The molecule has 0 N–H and O–H groups in total. The molecule has 0 amide bonds. The van der Waals surface area contributed by atoms with Crippen LogP contribution in [0.5, 0.6) is 0 Å². The van der Waals surface area contributed by atoms with Crippen LogP contribution in [0.15, 0.2) is 57.7 Å². The summed E-state index contributed by atoms with van der Waals surface area (Å²) in [5.41, 5.74) is 5.62. The Labute approximate surface area is 181 Å². The van der Waals surface area contributed by atoms with Gasteiger partial charge in [-0.05, 0) is 77.3 Å². The first-order valence-corrected chi connectivity index (χ1v) is 9.58. The number of halogens is 4. The molecular weight excluding hydrogens is 466 g/mol. The van der Waals surface area contributed by atoms with Gasteiger partial charge in [0.2, 0.25) is 5.89 Å². The van der Waals surface area contributed by atoms with Crippen molar-refractivity contribution in [3.8, 4) is 11.5 Å². The Hall–Kier alpha value is -1.95. The van der Waals surface area contributed by atoms with Gasteiger partial charge in [0, 0.05) is 5.56 Å². The number of aryl methyl sites for hydroxylation is 2. The molecule has 0 saturated heterocycles. The minimum atomic E-state index is -0.347. The molecule has 2 aromatic carbocycles. The zero-order valence-electron chi connectivity index (χ0n) is 15.1. The molecule has 144 valence electrons. The summed E-state index contributed by atoms with van der Waals surface area (Å²) in [7, 11) is 0. The van der Waals surface area contributed by atoms with Crippen molar-refractivity contribution in [3.63, 3.8) is 0 Å². The molecule has 2 aromatic heterocycles. The number of benzene rings is 2. The van der Waals surface area contributed by atoms with Gasteiger partial charge in [-0.15, -0.1) is 0 Å². The Morgan fingerprint density at radius 1 is 1.11 bits per heavy atom. The van der Waals surface area contributed by atoms with Crippen LogP contribution in [0, 0.1) is 19.7 Å². The lowest BCUT2D eigenvalue weighted by molar-refractivity contribution is -0.688. The standard InChI is InChI=1S/C21H16BrClFN2O.ClH/c1-12-5-19-20(6-13(12)2)27-21(25-19)15-7-16(22)11-26(10-15)9-14-3-4-17(24)8-18(14)23;/h3-8,10-11H,9H2,1-2H3;1H/q+1;/p-1. The monoisotopic (exact) mass is 480 g/mol. The van der Waals surface area contributed by atoms with E-state index in [9.17, 15) is 4.39 Å². The zero-order chi connectivity index (χ0) is 19.1. The molecule has 0 atom stereocenters. The van der Waals surface area contributed by atoms with Crippen molar-refractivity contribution in [2.75, 3.05) is 0 Å². The van der Waals surface area contributed by atoms with Crippen LogP contribution in [0.25, 0.3) is 22.6 Å². The first kappa shape index (κ1) is 20.8. The number of rotatable bonds is 3. The van der Waals surface area contributed by atoms with E-state index in [0.29, 0.717) is 17.5 Å². The molecule has 4 aromatic rings. The predicted molar refractivity (Wildman–Crippen MR) is 107 cm³/mol. The third-order valence-electron chi connectivity index (χ3n) is 4.51. The molecule has 0 unspecified atom stereocenters. The maximum atomic E-state index is 13.3. The van der Waals surface area contributed by atoms with Gasteiger partial charge >= 0.3 is 0 Å². The van der Waals surface area contributed by atoms with E-state index in [1.54, 1.807) is 6.07 Å². The average molecular weight is 482 g/mol. The molecule has 0 aliphatic rings. The average Bonchev–Trinajstić information content (AvgIpc) is 3.00. The van der Waals surface area contributed by atoms with Gasteiger partial charge in [-0.3, -0.25) is 0 Å². The molecule has 0 saturated carbocycles. The summed E-state index contributed by atoms with van der Waals surface area (Å²) < 4.78 is 22.1. The van der Waals surface area contributed by atoms with Crippen molar-refractivity contribution in [1.29, 1.82) is 0 Å². The number of fused-ring (bicyclic) bond motifs is 1. The Kier molecular flexibility index (Phi) is 6.08. The summed E-state index contributed by atoms with van der Waals surface area (Å²) in [4.78, 5) is 4.63. The fourth-order valence-electron chi connectivity index (χ4n) is 2.96. The van der Waals surface area contributed by atoms with Gasteiger partial charge in [-0.25, -0.2) is 9.37 Å². The lowest BCUT2D eigenvalue weighted by Gasteiger charge is -2.03. The Bertz CT molecular complexity index is 1140. The van der Waals surface area contributed by atoms with Crippen LogP contribution in [-0.2, 0) is 6.54 Å². The van der Waals surface area contributed by atoms with E-state index in [1.165, 1.54) is 23.3 Å². The maximum Gasteiger partial charge on any atom is 0.233 e. The molecule has 7 heteroatoms. The summed E-state index contributed by atoms with van der Waals surface area (Å²) in [5.74, 6) is 0.205. The predicted octanol–water partition coefficient (Wildman–Crippen LogP) is 3.01. The van der Waals surface area contributed by atoms with Crippen LogP contribution in [0.1, 0.15) is 16.7 Å². The van der Waals surface area contributed by atoms with Gasteiger partial charge in [-0.2, -0.15) is 4.57 Å². The summed E-state index contributed by atoms with van der Waals surface area (Å²) in [6, 6.07) is 10.4. The normalized spacial score (nSPS) is 10.9. The molecular formula is C21H16BrCl2FN2O. The number of pyridine rings is 1. The first-order valence-electron chi connectivity index (χ1n) is 8.41. The van der Waals surface area contributed by atoms with E-state index in [2.05, 4.69) is 34.8 Å². The van der Waals surface area contributed by atoms with Crippen molar-refractivity contribution in [3.05, 3.63) is 80.8 Å². The van der Waals surface area contributed by atoms with E-state index in [4.69, 9.17) is 16.0 Å². The quantitative estimate of drug-likeness (QED) is 0.421. The van der Waals surface area contributed by atoms with Crippen molar-refractivity contribution >= 4 is 38.6 Å². The largest absolute Gasteiger partial charge is 1.00 e. The fourth-order valence-corrected chi connectivity index (χ4v) is 3.69. The van der Waals surface area contributed by atoms with Crippen molar-refractivity contribution in [2.24, 2.45) is 0 Å². The second-order valence-corrected chi connectivity index (χ2v) is 7.90. The second kappa shape index (κ2) is 8.19. The van der Waals surface area contributed by atoms with Gasteiger partial charge in [-0.1, -0.05) is 11.6 Å². The third-order valence-corrected chi connectivity index (χ3v) is 5.29. The Balaban J connectivity index is 0.00000225. The van der Waals surface area contributed by atoms with E-state index in [0.717, 1.165) is 26.7 Å². The van der Waals surface area contributed by atoms with E-state index >= 15 is 0 Å². The van der Waals surface area contributed by atoms with Gasteiger partial charge in [0.05, 0.1) is 9.50 Å². The molecule has 0 aliphatic heterocycles. The van der Waals surface area contributed by atoms with Crippen LogP contribution in [-0.4, -0.2) is 4.98 Å². The highest BCUT2D eigenvalue weighted by molar-refractivity contribution is 9.10. The number of hydrogen-bond acceptors (Lipinski definition) is 2. The van der Waals surface area contributed by atoms with Crippen LogP contribution in [0.3, 0.4) is 0 Å². The molecule has 0 fully saturated rings. The maximum absolute atomic E-state index is 13.3. The van der Waals surface area contributed by atoms with Crippen molar-refractivity contribution < 1.29 is 25.8 Å². The molecule has 3 nitrogen and oxygen atoms in total. The van der Waals surface area contributed by atoms with Crippen molar-refractivity contribution in [1.82, 2.24) is 4.98 Å². The summed E-state index contributed by atoms with van der Waals surface area (Å²) in [6.07, 6.45) is 3.87. The molecule has 0 aliphatic carbocycles. The number of nitrogens with zero attached hydrogens (tertiary/aromatic N) is 2. The van der Waals surface area contributed by atoms with Crippen LogP contribution < -0.4 is 17.0 Å². The minimum absolute atomic E-state index is 0. The Morgan fingerprint density at radius 3 is 2.61 bits per heavy atom. The molecule has 28 heavy (non-hydrogen) atoms. The highest BCUT2D eigenvalue weighted by Gasteiger charge is 2.16. The lowest BCUT2D eigenvalue weighted by atomic mass is 10.1. The fraction of sp³-hybridized carbons (Fsp3) is 0.143. The van der Waals surface area contributed by atoms with Gasteiger partial charge in [0.1, 0.15) is 16.9 Å². The van der Waals surface area contributed by atoms with Crippen LogP contribution >= 0.6 is 27.5 Å². The van der Waals surface area contributed by atoms with E-state index < -0.39 is 0 Å². The van der Waals surface area contributed by atoms with Gasteiger partial charge < -0.3 is 16.8 Å². The second-order valence-electron chi connectivity index (χ2n) is 6.57.